The van der Waals surface area contributed by atoms with Crippen LogP contribution in [0.25, 0.3) is 11.1 Å². The highest BCUT2D eigenvalue weighted by atomic mass is 35.5. The molecule has 0 unspecified atom stereocenters. The molecule has 0 N–H and O–H groups in total. The molecule has 0 aromatic heterocycles. The van der Waals surface area contributed by atoms with Crippen LogP contribution in [0.1, 0.15) is 22.8 Å². The molecule has 0 saturated heterocycles. The molecule has 0 amide bonds. The van der Waals surface area contributed by atoms with Gasteiger partial charge in [-0.15, -0.1) is 0 Å². The topological polar surface area (TPSA) is 26.3 Å². The molecule has 0 bridgehead atoms. The number of benzene rings is 2. The molecular formula is C16H15ClO2. The van der Waals surface area contributed by atoms with Crippen LogP contribution >= 0.6 is 11.6 Å². The van der Waals surface area contributed by atoms with Crippen molar-refractivity contribution in [3.05, 3.63) is 58.6 Å². The summed E-state index contributed by atoms with van der Waals surface area (Å²) in [6.07, 6.45) is 0. The molecule has 0 aliphatic carbocycles. The minimum atomic E-state index is -0.344. The summed E-state index contributed by atoms with van der Waals surface area (Å²) in [7, 11) is 0. The Kier molecular flexibility index (Phi) is 4.23. The van der Waals surface area contributed by atoms with E-state index < -0.39 is 0 Å². The zero-order chi connectivity index (χ0) is 13.8. The van der Waals surface area contributed by atoms with Crippen molar-refractivity contribution in [3.63, 3.8) is 0 Å². The van der Waals surface area contributed by atoms with E-state index >= 15 is 0 Å². The molecule has 0 heterocycles. The Balaban J connectivity index is 2.57. The van der Waals surface area contributed by atoms with Crippen LogP contribution in [0.15, 0.2) is 42.5 Å². The summed E-state index contributed by atoms with van der Waals surface area (Å²) in [5.74, 6) is -0.344. The molecule has 0 atom stereocenters. The minimum absolute atomic E-state index is 0.344. The molecule has 0 aliphatic rings. The highest BCUT2D eigenvalue weighted by molar-refractivity contribution is 6.31. The van der Waals surface area contributed by atoms with Crippen LogP contribution in [-0.2, 0) is 4.74 Å². The van der Waals surface area contributed by atoms with Crippen LogP contribution in [0.4, 0.5) is 0 Å². The third-order valence-corrected chi connectivity index (χ3v) is 3.15. The van der Waals surface area contributed by atoms with E-state index in [0.29, 0.717) is 17.2 Å². The number of esters is 1. The van der Waals surface area contributed by atoms with Gasteiger partial charge in [-0.1, -0.05) is 41.9 Å². The van der Waals surface area contributed by atoms with E-state index in [4.69, 9.17) is 16.3 Å². The first-order chi connectivity index (χ1) is 9.13. The van der Waals surface area contributed by atoms with Crippen molar-refractivity contribution >= 4 is 17.6 Å². The summed E-state index contributed by atoms with van der Waals surface area (Å²) < 4.78 is 5.09. The zero-order valence-corrected chi connectivity index (χ0v) is 11.7. The Labute approximate surface area is 118 Å². The van der Waals surface area contributed by atoms with E-state index in [2.05, 4.69) is 0 Å². The van der Waals surface area contributed by atoms with Crippen molar-refractivity contribution in [1.29, 1.82) is 0 Å². The fraction of sp³-hybridized carbons (Fsp3) is 0.188. The van der Waals surface area contributed by atoms with Gasteiger partial charge in [0.1, 0.15) is 0 Å². The number of hydrogen-bond donors (Lipinski definition) is 0. The first kappa shape index (κ1) is 13.6. The van der Waals surface area contributed by atoms with Gasteiger partial charge in [0.15, 0.2) is 0 Å². The standard InChI is InChI=1S/C16H15ClO2/c1-3-19-16(18)15-10-12(17)8-9-14(15)13-7-5-4-6-11(13)2/h4-10H,3H2,1-2H3. The van der Waals surface area contributed by atoms with Gasteiger partial charge in [0.05, 0.1) is 12.2 Å². The van der Waals surface area contributed by atoms with Crippen LogP contribution < -0.4 is 0 Å². The maximum absolute atomic E-state index is 12.0. The second-order valence-corrected chi connectivity index (χ2v) is 4.66. The van der Waals surface area contributed by atoms with Crippen LogP contribution in [0.5, 0.6) is 0 Å². The first-order valence-corrected chi connectivity index (χ1v) is 6.54. The number of rotatable bonds is 3. The summed E-state index contributed by atoms with van der Waals surface area (Å²) in [5, 5.41) is 0.528. The Morgan fingerprint density at radius 2 is 1.89 bits per heavy atom. The lowest BCUT2D eigenvalue weighted by Crippen LogP contribution is -2.06. The predicted octanol–water partition coefficient (Wildman–Crippen LogP) is 4.49. The Morgan fingerprint density at radius 1 is 1.16 bits per heavy atom. The van der Waals surface area contributed by atoms with E-state index in [0.717, 1.165) is 16.7 Å². The summed E-state index contributed by atoms with van der Waals surface area (Å²) in [4.78, 5) is 12.0. The number of hydrogen-bond acceptors (Lipinski definition) is 2. The molecule has 2 aromatic rings. The van der Waals surface area contributed by atoms with Crippen molar-refractivity contribution in [2.24, 2.45) is 0 Å². The first-order valence-electron chi connectivity index (χ1n) is 6.16. The van der Waals surface area contributed by atoms with Crippen molar-refractivity contribution in [1.82, 2.24) is 0 Å². The molecule has 0 spiro atoms. The molecule has 2 aromatic carbocycles. The number of ether oxygens (including phenoxy) is 1. The summed E-state index contributed by atoms with van der Waals surface area (Å²) in [6.45, 7) is 4.15. The van der Waals surface area contributed by atoms with Gasteiger partial charge in [-0.3, -0.25) is 0 Å². The summed E-state index contributed by atoms with van der Waals surface area (Å²) in [5.41, 5.74) is 3.47. The van der Waals surface area contributed by atoms with Gasteiger partial charge >= 0.3 is 5.97 Å². The molecule has 2 rings (SSSR count). The van der Waals surface area contributed by atoms with Crippen molar-refractivity contribution in [2.45, 2.75) is 13.8 Å². The summed E-state index contributed by atoms with van der Waals surface area (Å²) >= 11 is 5.98. The molecule has 0 aliphatic heterocycles. The quantitative estimate of drug-likeness (QED) is 0.771. The highest BCUT2D eigenvalue weighted by Gasteiger charge is 2.15. The molecule has 0 fully saturated rings. The average molecular weight is 275 g/mol. The smallest absolute Gasteiger partial charge is 0.338 e. The van der Waals surface area contributed by atoms with Crippen LogP contribution in [-0.4, -0.2) is 12.6 Å². The molecule has 2 nitrogen and oxygen atoms in total. The average Bonchev–Trinajstić information content (AvgIpc) is 2.40. The predicted molar refractivity (Wildman–Crippen MR) is 77.6 cm³/mol. The van der Waals surface area contributed by atoms with E-state index in [9.17, 15) is 4.79 Å². The maximum atomic E-state index is 12.0. The minimum Gasteiger partial charge on any atom is -0.462 e. The second kappa shape index (κ2) is 5.89. The molecule has 19 heavy (non-hydrogen) atoms. The Bertz CT molecular complexity index is 605. The maximum Gasteiger partial charge on any atom is 0.338 e. The number of halogens is 1. The van der Waals surface area contributed by atoms with Gasteiger partial charge in [-0.25, -0.2) is 4.79 Å². The summed E-state index contributed by atoms with van der Waals surface area (Å²) in [6, 6.07) is 13.2. The Hall–Kier alpha value is -1.80. The van der Waals surface area contributed by atoms with Gasteiger partial charge in [-0.05, 0) is 42.7 Å². The molecular weight excluding hydrogens is 260 g/mol. The van der Waals surface area contributed by atoms with Gasteiger partial charge < -0.3 is 4.74 Å². The highest BCUT2D eigenvalue weighted by Crippen LogP contribution is 2.29. The van der Waals surface area contributed by atoms with Crippen molar-refractivity contribution < 1.29 is 9.53 Å². The normalized spacial score (nSPS) is 10.3. The van der Waals surface area contributed by atoms with E-state index in [1.54, 1.807) is 19.1 Å². The van der Waals surface area contributed by atoms with Crippen molar-refractivity contribution in [3.8, 4) is 11.1 Å². The van der Waals surface area contributed by atoms with Crippen LogP contribution in [0.3, 0.4) is 0 Å². The molecule has 3 heteroatoms. The molecule has 0 radical (unpaired) electrons. The van der Waals surface area contributed by atoms with Gasteiger partial charge in [0, 0.05) is 5.02 Å². The lowest BCUT2D eigenvalue weighted by atomic mass is 9.96. The Morgan fingerprint density at radius 3 is 2.58 bits per heavy atom. The van der Waals surface area contributed by atoms with Crippen LogP contribution in [0.2, 0.25) is 5.02 Å². The zero-order valence-electron chi connectivity index (χ0n) is 10.9. The van der Waals surface area contributed by atoms with E-state index in [1.807, 2.05) is 37.3 Å². The number of carbonyl (C=O) groups is 1. The lowest BCUT2D eigenvalue weighted by Gasteiger charge is -2.11. The fourth-order valence-electron chi connectivity index (χ4n) is 2.00. The molecule has 98 valence electrons. The van der Waals surface area contributed by atoms with Crippen LogP contribution in [0, 0.1) is 6.92 Å². The van der Waals surface area contributed by atoms with Crippen molar-refractivity contribution in [2.75, 3.05) is 6.61 Å². The molecule has 0 saturated carbocycles. The number of carbonyl (C=O) groups excluding carboxylic acids is 1. The monoisotopic (exact) mass is 274 g/mol. The second-order valence-electron chi connectivity index (χ2n) is 4.23. The van der Waals surface area contributed by atoms with E-state index in [1.165, 1.54) is 0 Å². The fourth-order valence-corrected chi connectivity index (χ4v) is 2.18. The van der Waals surface area contributed by atoms with Gasteiger partial charge in [0.2, 0.25) is 0 Å². The van der Waals surface area contributed by atoms with E-state index in [-0.39, 0.29) is 5.97 Å². The van der Waals surface area contributed by atoms with Gasteiger partial charge in [-0.2, -0.15) is 0 Å². The third kappa shape index (κ3) is 2.96. The number of aryl methyl sites for hydroxylation is 1. The lowest BCUT2D eigenvalue weighted by molar-refractivity contribution is 0.0527. The SMILES string of the molecule is CCOC(=O)c1cc(Cl)ccc1-c1ccccc1C. The third-order valence-electron chi connectivity index (χ3n) is 2.91. The van der Waals surface area contributed by atoms with Gasteiger partial charge in [0.25, 0.3) is 0 Å². The largest absolute Gasteiger partial charge is 0.462 e.